The Morgan fingerprint density at radius 3 is 1.78 bits per heavy atom. The van der Waals surface area contributed by atoms with Crippen molar-refractivity contribution in [3.8, 4) is 23.0 Å². The van der Waals surface area contributed by atoms with Crippen molar-refractivity contribution >= 4 is 0 Å². The molecule has 27 heavy (non-hydrogen) atoms. The molecule has 0 atom stereocenters. The summed E-state index contributed by atoms with van der Waals surface area (Å²) in [6.07, 6.45) is 9.91. The molecule has 0 unspecified atom stereocenters. The average molecular weight is 377 g/mol. The lowest BCUT2D eigenvalue weighted by Gasteiger charge is -2.21. The summed E-state index contributed by atoms with van der Waals surface area (Å²) >= 11 is 0. The van der Waals surface area contributed by atoms with Crippen molar-refractivity contribution in [2.75, 3.05) is 28.4 Å². The highest BCUT2D eigenvalue weighted by atomic mass is 16.5. The number of hydrogen-bond acceptors (Lipinski definition) is 4. The molecule has 0 bridgehead atoms. The Hall–Kier alpha value is -2.10. The first-order valence-electron chi connectivity index (χ1n) is 9.61. The third kappa shape index (κ3) is 5.95. The van der Waals surface area contributed by atoms with Gasteiger partial charge >= 0.3 is 0 Å². The fourth-order valence-corrected chi connectivity index (χ4v) is 3.32. The Morgan fingerprint density at radius 1 is 0.741 bits per heavy atom. The van der Waals surface area contributed by atoms with E-state index >= 15 is 0 Å². The first-order chi connectivity index (χ1) is 12.9. The van der Waals surface area contributed by atoms with Crippen LogP contribution in [0, 0.1) is 6.92 Å². The Bertz CT molecular complexity index is 672. The van der Waals surface area contributed by atoms with Gasteiger partial charge in [0.25, 0.3) is 0 Å². The fraction of sp³-hybridized carbons (Fsp3) is 0.565. The van der Waals surface area contributed by atoms with E-state index < -0.39 is 0 Å². The molecule has 0 spiro atoms. The molecule has 4 heteroatoms. The number of allylic oxidation sites excluding steroid dienone is 4. The van der Waals surface area contributed by atoms with Gasteiger partial charge in [0.05, 0.1) is 28.4 Å². The molecule has 4 nitrogen and oxygen atoms in total. The molecular formula is C23H36O4. The standard InChI is InChI=1S/C23H36O4/c1-9-11-16(2)12-10-13-17(3)14-15-19-18(4)20(24-5)22(26-7)23(27-8)21(19)25-6/h12,14H,9-11,13,15H2,1-8H3. The van der Waals surface area contributed by atoms with Crippen molar-refractivity contribution in [1.82, 2.24) is 0 Å². The topological polar surface area (TPSA) is 36.9 Å². The van der Waals surface area contributed by atoms with E-state index in [1.807, 2.05) is 6.92 Å². The highest BCUT2D eigenvalue weighted by Crippen LogP contribution is 2.49. The zero-order chi connectivity index (χ0) is 20.4. The summed E-state index contributed by atoms with van der Waals surface area (Å²) < 4.78 is 22.3. The van der Waals surface area contributed by atoms with E-state index in [2.05, 4.69) is 32.9 Å². The van der Waals surface area contributed by atoms with Crippen LogP contribution in [0.25, 0.3) is 0 Å². The maximum atomic E-state index is 5.66. The van der Waals surface area contributed by atoms with Crippen LogP contribution in [0.5, 0.6) is 23.0 Å². The van der Waals surface area contributed by atoms with Gasteiger partial charge in [0.1, 0.15) is 0 Å². The van der Waals surface area contributed by atoms with Gasteiger partial charge in [-0.1, -0.05) is 36.6 Å². The normalized spacial score (nSPS) is 12.1. The summed E-state index contributed by atoms with van der Waals surface area (Å²) in [6, 6.07) is 0. The summed E-state index contributed by atoms with van der Waals surface area (Å²) in [5.41, 5.74) is 4.91. The van der Waals surface area contributed by atoms with E-state index in [-0.39, 0.29) is 0 Å². The summed E-state index contributed by atoms with van der Waals surface area (Å²) in [5.74, 6) is 2.53. The molecule has 0 aliphatic heterocycles. The zero-order valence-electron chi connectivity index (χ0n) is 18.3. The van der Waals surface area contributed by atoms with Gasteiger partial charge in [-0.05, 0) is 46.5 Å². The van der Waals surface area contributed by atoms with Crippen LogP contribution in [-0.4, -0.2) is 28.4 Å². The number of ether oxygens (including phenoxy) is 4. The molecule has 1 aromatic carbocycles. The maximum Gasteiger partial charge on any atom is 0.207 e. The second-order valence-corrected chi connectivity index (χ2v) is 6.83. The van der Waals surface area contributed by atoms with Gasteiger partial charge < -0.3 is 18.9 Å². The van der Waals surface area contributed by atoms with Crippen LogP contribution in [0.15, 0.2) is 23.3 Å². The second-order valence-electron chi connectivity index (χ2n) is 6.83. The molecule has 1 rings (SSSR count). The van der Waals surface area contributed by atoms with Gasteiger partial charge in [0, 0.05) is 11.1 Å². The third-order valence-electron chi connectivity index (χ3n) is 4.83. The fourth-order valence-electron chi connectivity index (χ4n) is 3.32. The van der Waals surface area contributed by atoms with E-state index in [9.17, 15) is 0 Å². The molecule has 0 amide bonds. The lowest BCUT2D eigenvalue weighted by Crippen LogP contribution is -2.04. The zero-order valence-corrected chi connectivity index (χ0v) is 18.3. The molecule has 0 N–H and O–H groups in total. The van der Waals surface area contributed by atoms with Gasteiger partial charge in [0.2, 0.25) is 11.5 Å². The highest BCUT2D eigenvalue weighted by molar-refractivity contribution is 5.67. The first kappa shape index (κ1) is 22.9. The minimum atomic E-state index is 0.565. The van der Waals surface area contributed by atoms with Crippen molar-refractivity contribution in [2.24, 2.45) is 0 Å². The number of rotatable bonds is 11. The molecule has 152 valence electrons. The van der Waals surface area contributed by atoms with Crippen molar-refractivity contribution in [2.45, 2.75) is 59.8 Å². The van der Waals surface area contributed by atoms with Gasteiger partial charge in [-0.15, -0.1) is 0 Å². The molecule has 0 saturated heterocycles. The smallest absolute Gasteiger partial charge is 0.207 e. The van der Waals surface area contributed by atoms with E-state index in [0.29, 0.717) is 23.0 Å². The Labute approximate surface area is 165 Å². The van der Waals surface area contributed by atoms with E-state index in [4.69, 9.17) is 18.9 Å². The van der Waals surface area contributed by atoms with Crippen LogP contribution in [0.2, 0.25) is 0 Å². The number of hydrogen-bond donors (Lipinski definition) is 0. The molecule has 0 aliphatic rings. The predicted molar refractivity (Wildman–Crippen MR) is 113 cm³/mol. The minimum absolute atomic E-state index is 0.565. The predicted octanol–water partition coefficient (Wildman–Crippen LogP) is 6.04. The maximum absolute atomic E-state index is 5.66. The number of methoxy groups -OCH3 is 4. The van der Waals surface area contributed by atoms with Crippen molar-refractivity contribution < 1.29 is 18.9 Å². The van der Waals surface area contributed by atoms with Gasteiger partial charge in [-0.3, -0.25) is 0 Å². The van der Waals surface area contributed by atoms with E-state index in [0.717, 1.165) is 30.4 Å². The largest absolute Gasteiger partial charge is 0.492 e. The van der Waals surface area contributed by atoms with Crippen LogP contribution in [0.1, 0.15) is 57.6 Å². The molecule has 0 aromatic heterocycles. The average Bonchev–Trinajstić information content (AvgIpc) is 2.65. The molecule has 0 radical (unpaired) electrons. The van der Waals surface area contributed by atoms with Crippen LogP contribution >= 0.6 is 0 Å². The molecule has 0 heterocycles. The summed E-state index contributed by atoms with van der Waals surface area (Å²) in [4.78, 5) is 0. The monoisotopic (exact) mass is 376 g/mol. The lowest BCUT2D eigenvalue weighted by atomic mass is 9.99. The highest BCUT2D eigenvalue weighted by Gasteiger charge is 2.24. The summed E-state index contributed by atoms with van der Waals surface area (Å²) in [7, 11) is 6.53. The van der Waals surface area contributed by atoms with Gasteiger partial charge in [0.15, 0.2) is 11.5 Å². The third-order valence-corrected chi connectivity index (χ3v) is 4.83. The Morgan fingerprint density at radius 2 is 1.26 bits per heavy atom. The Balaban J connectivity index is 3.10. The van der Waals surface area contributed by atoms with Crippen LogP contribution in [-0.2, 0) is 6.42 Å². The van der Waals surface area contributed by atoms with Gasteiger partial charge in [-0.2, -0.15) is 0 Å². The van der Waals surface area contributed by atoms with Crippen molar-refractivity contribution in [1.29, 1.82) is 0 Å². The quantitative estimate of drug-likeness (QED) is 0.441. The molecule has 0 aliphatic carbocycles. The number of benzene rings is 1. The minimum Gasteiger partial charge on any atom is -0.492 e. The Kier molecular flexibility index (Phi) is 9.84. The summed E-state index contributed by atoms with van der Waals surface area (Å²) in [5, 5.41) is 0. The van der Waals surface area contributed by atoms with Crippen molar-refractivity contribution in [3.05, 3.63) is 34.4 Å². The van der Waals surface area contributed by atoms with Gasteiger partial charge in [-0.25, -0.2) is 0 Å². The molecule has 0 fully saturated rings. The molecule has 0 saturated carbocycles. The lowest BCUT2D eigenvalue weighted by molar-refractivity contribution is 0.302. The van der Waals surface area contributed by atoms with E-state index in [1.165, 1.54) is 24.0 Å². The van der Waals surface area contributed by atoms with Crippen LogP contribution < -0.4 is 18.9 Å². The van der Waals surface area contributed by atoms with Crippen molar-refractivity contribution in [3.63, 3.8) is 0 Å². The van der Waals surface area contributed by atoms with E-state index in [1.54, 1.807) is 28.4 Å². The summed E-state index contributed by atoms with van der Waals surface area (Å²) in [6.45, 7) is 8.64. The SMILES string of the molecule is CCCC(C)=CCCC(C)=CCc1c(C)c(OC)c(OC)c(OC)c1OC. The second kappa shape index (κ2) is 11.6. The first-order valence-corrected chi connectivity index (χ1v) is 9.61. The van der Waals surface area contributed by atoms with Crippen LogP contribution in [0.3, 0.4) is 0 Å². The van der Waals surface area contributed by atoms with Crippen LogP contribution in [0.4, 0.5) is 0 Å². The molecular weight excluding hydrogens is 340 g/mol. The molecule has 1 aromatic rings.